The average molecular weight is 421 g/mol. The van der Waals surface area contributed by atoms with Crippen LogP contribution >= 0.6 is 0 Å². The van der Waals surface area contributed by atoms with Gasteiger partial charge in [-0.2, -0.15) is 0 Å². The van der Waals surface area contributed by atoms with Crippen LogP contribution in [0.4, 0.5) is 0 Å². The Morgan fingerprint density at radius 2 is 1.97 bits per heavy atom. The predicted molar refractivity (Wildman–Crippen MR) is 132 cm³/mol. The van der Waals surface area contributed by atoms with Crippen LogP contribution in [0.15, 0.2) is 65.4 Å². The Kier molecular flexibility index (Phi) is 8.90. The molecule has 31 heavy (non-hydrogen) atoms. The number of rotatable bonds is 11. The molecule has 0 amide bonds. The molecule has 0 N–H and O–H groups in total. The first-order valence-electron chi connectivity index (χ1n) is 12.2. The van der Waals surface area contributed by atoms with E-state index < -0.39 is 0 Å². The summed E-state index contributed by atoms with van der Waals surface area (Å²) in [5, 5.41) is 0. The first kappa shape index (κ1) is 23.7. The summed E-state index contributed by atoms with van der Waals surface area (Å²) in [6, 6.07) is 10.5. The highest BCUT2D eigenvalue weighted by atomic mass is 16.5. The lowest BCUT2D eigenvalue weighted by Gasteiger charge is -2.33. The third-order valence-corrected chi connectivity index (χ3v) is 6.89. The molecule has 1 heterocycles. The summed E-state index contributed by atoms with van der Waals surface area (Å²) in [6.45, 7) is 8.25. The van der Waals surface area contributed by atoms with Crippen LogP contribution in [0.5, 0.6) is 0 Å². The zero-order chi connectivity index (χ0) is 22.1. The number of fused-ring (bicyclic) bond motifs is 1. The lowest BCUT2D eigenvalue weighted by atomic mass is 9.70. The van der Waals surface area contributed by atoms with Crippen molar-refractivity contribution < 1.29 is 9.31 Å². The predicted octanol–water partition coefficient (Wildman–Crippen LogP) is 7.46. The molecule has 2 aliphatic rings. The lowest BCUT2D eigenvalue weighted by Crippen LogP contribution is -2.35. The molecule has 0 bridgehead atoms. The zero-order valence-electron chi connectivity index (χ0n) is 20.2. The Labute approximate surface area is 190 Å². The molecule has 1 fully saturated rings. The summed E-state index contributed by atoms with van der Waals surface area (Å²) >= 11 is 0. The second kappa shape index (κ2) is 11.6. The van der Waals surface area contributed by atoms with Gasteiger partial charge in [-0.1, -0.05) is 60.1 Å². The highest BCUT2D eigenvalue weighted by molar-refractivity contribution is 5.65. The molecule has 0 spiro atoms. The molecule has 1 unspecified atom stereocenters. The molecule has 2 heteroatoms. The van der Waals surface area contributed by atoms with E-state index in [9.17, 15) is 0 Å². The molecule has 0 aromatic heterocycles. The number of nitrogens with zero attached hydrogens (tertiary/aromatic N) is 1. The summed E-state index contributed by atoms with van der Waals surface area (Å²) in [4.78, 5) is 0. The van der Waals surface area contributed by atoms with Crippen LogP contribution in [-0.2, 0) is 11.3 Å². The van der Waals surface area contributed by atoms with Crippen molar-refractivity contribution in [1.29, 1.82) is 0 Å². The molecule has 1 aromatic carbocycles. The van der Waals surface area contributed by atoms with E-state index in [1.165, 1.54) is 49.7 Å². The van der Waals surface area contributed by atoms with Crippen LogP contribution < -0.4 is 0 Å². The number of allylic oxidation sites excluding steroid dienone is 5. The van der Waals surface area contributed by atoms with Gasteiger partial charge >= 0.3 is 0 Å². The van der Waals surface area contributed by atoms with E-state index in [2.05, 4.69) is 87.3 Å². The van der Waals surface area contributed by atoms with Crippen LogP contribution in [-0.4, -0.2) is 24.4 Å². The Morgan fingerprint density at radius 3 is 2.74 bits per heavy atom. The first-order chi connectivity index (χ1) is 15.0. The van der Waals surface area contributed by atoms with Gasteiger partial charge in [0.2, 0.25) is 0 Å². The van der Waals surface area contributed by atoms with Crippen molar-refractivity contribution in [1.82, 2.24) is 0 Å². The molecule has 0 radical (unpaired) electrons. The van der Waals surface area contributed by atoms with Gasteiger partial charge in [0.1, 0.15) is 7.05 Å². The molecular formula is C29H42NO+. The maximum absolute atomic E-state index is 5.94. The maximum atomic E-state index is 5.94. The Hall–Kier alpha value is -1.93. The largest absolute Gasteiger partial charge is 0.377 e. The van der Waals surface area contributed by atoms with Crippen LogP contribution in [0.25, 0.3) is 0 Å². The van der Waals surface area contributed by atoms with E-state index in [4.69, 9.17) is 4.74 Å². The van der Waals surface area contributed by atoms with Crippen LogP contribution in [0, 0.1) is 11.3 Å². The second-order valence-electron chi connectivity index (χ2n) is 9.89. The van der Waals surface area contributed by atoms with Gasteiger partial charge in [0.05, 0.1) is 12.0 Å². The fourth-order valence-electron chi connectivity index (χ4n) is 5.33. The molecule has 2 nitrogen and oxygen atoms in total. The minimum atomic E-state index is 0.321. The normalized spacial score (nSPS) is 23.2. The van der Waals surface area contributed by atoms with Gasteiger partial charge in [0, 0.05) is 12.5 Å². The van der Waals surface area contributed by atoms with Crippen molar-refractivity contribution in [2.45, 2.75) is 78.7 Å². The van der Waals surface area contributed by atoms with Crippen LogP contribution in [0.1, 0.15) is 77.7 Å². The number of hydrogen-bond acceptors (Lipinski definition) is 1. The fraction of sp³-hybridized carbons (Fsp3) is 0.552. The van der Waals surface area contributed by atoms with E-state index in [0.29, 0.717) is 11.3 Å². The van der Waals surface area contributed by atoms with Crippen molar-refractivity contribution in [3.8, 4) is 0 Å². The van der Waals surface area contributed by atoms with Gasteiger partial charge in [-0.05, 0) is 76.9 Å². The van der Waals surface area contributed by atoms with Crippen LogP contribution in [0.2, 0.25) is 0 Å². The minimum Gasteiger partial charge on any atom is -0.377 e. The topological polar surface area (TPSA) is 12.2 Å². The van der Waals surface area contributed by atoms with Crippen LogP contribution in [0.3, 0.4) is 0 Å². The van der Waals surface area contributed by atoms with E-state index in [0.717, 1.165) is 26.1 Å². The molecule has 3 rings (SSSR count). The van der Waals surface area contributed by atoms with Gasteiger partial charge in [-0.25, -0.2) is 4.58 Å². The molecule has 1 aliphatic carbocycles. The summed E-state index contributed by atoms with van der Waals surface area (Å²) in [5.74, 6) is 0.708. The number of benzene rings is 1. The third-order valence-electron chi connectivity index (χ3n) is 6.89. The molecule has 1 aromatic rings. The zero-order valence-corrected chi connectivity index (χ0v) is 20.2. The fourth-order valence-corrected chi connectivity index (χ4v) is 5.33. The van der Waals surface area contributed by atoms with E-state index in [-0.39, 0.29) is 0 Å². The maximum Gasteiger partial charge on any atom is 0.167 e. The van der Waals surface area contributed by atoms with Crippen molar-refractivity contribution in [3.05, 3.63) is 71.0 Å². The second-order valence-corrected chi connectivity index (χ2v) is 9.89. The summed E-state index contributed by atoms with van der Waals surface area (Å²) < 4.78 is 8.29. The lowest BCUT2D eigenvalue weighted by molar-refractivity contribution is -0.426. The molecule has 2 atom stereocenters. The van der Waals surface area contributed by atoms with Gasteiger partial charge in [-0.3, -0.25) is 0 Å². The van der Waals surface area contributed by atoms with E-state index >= 15 is 0 Å². The average Bonchev–Trinajstić information content (AvgIpc) is 3.16. The van der Waals surface area contributed by atoms with Crippen molar-refractivity contribution in [3.63, 3.8) is 0 Å². The number of hydrogen-bond donors (Lipinski definition) is 0. The standard InChI is InChI=1S/C29H42NO/c1-24(2)11-8-12-25(3)17-19-29-18-9-16-28(29)27(21-30(4)23-29)15-10-20-31-22-26-13-6-5-7-14-26/h5-7,11,13-14,17,21,23,28H,8-10,12,15-16,18-20,22H2,1-4H3/q+1/b25-17+/t28?,29-/m0/s1. The monoisotopic (exact) mass is 420 g/mol. The molecule has 0 saturated heterocycles. The van der Waals surface area contributed by atoms with Gasteiger partial charge in [0.15, 0.2) is 12.4 Å². The van der Waals surface area contributed by atoms with Crippen molar-refractivity contribution in [2.75, 3.05) is 13.7 Å². The minimum absolute atomic E-state index is 0.321. The highest BCUT2D eigenvalue weighted by Gasteiger charge is 2.47. The summed E-state index contributed by atoms with van der Waals surface area (Å²) in [5.41, 5.74) is 6.18. The summed E-state index contributed by atoms with van der Waals surface area (Å²) in [6.07, 6.45) is 19.6. The molecule has 1 aliphatic heterocycles. The Bertz CT molecular complexity index is 826. The SMILES string of the molecule is CC(C)=CCC/C(C)=C/C[C@@]12C=[N+](C)C=C(CCCOCc3ccccc3)C1CCC2. The molecule has 168 valence electrons. The molecule has 1 saturated carbocycles. The smallest absolute Gasteiger partial charge is 0.167 e. The van der Waals surface area contributed by atoms with E-state index in [1.807, 2.05) is 0 Å². The van der Waals surface area contributed by atoms with Crippen molar-refractivity contribution in [2.24, 2.45) is 11.3 Å². The van der Waals surface area contributed by atoms with Gasteiger partial charge < -0.3 is 4.74 Å². The van der Waals surface area contributed by atoms with Gasteiger partial charge in [0.25, 0.3) is 0 Å². The first-order valence-corrected chi connectivity index (χ1v) is 12.2. The van der Waals surface area contributed by atoms with Crippen molar-refractivity contribution >= 4 is 6.21 Å². The summed E-state index contributed by atoms with van der Waals surface area (Å²) in [7, 11) is 2.22. The Balaban J connectivity index is 1.53. The van der Waals surface area contributed by atoms with E-state index in [1.54, 1.807) is 11.1 Å². The Morgan fingerprint density at radius 1 is 1.16 bits per heavy atom. The third kappa shape index (κ3) is 7.04. The quantitative estimate of drug-likeness (QED) is 0.205. The highest BCUT2D eigenvalue weighted by Crippen LogP contribution is 2.51. The van der Waals surface area contributed by atoms with Gasteiger partial charge in [-0.15, -0.1) is 0 Å². The number of ether oxygens (including phenoxy) is 1. The molecular weight excluding hydrogens is 378 g/mol.